The molecule has 1 nitrogen and oxygen atoms in total. The summed E-state index contributed by atoms with van der Waals surface area (Å²) in [5.74, 6) is 1.21. The van der Waals surface area contributed by atoms with E-state index in [9.17, 15) is 0 Å². The lowest BCUT2D eigenvalue weighted by molar-refractivity contribution is 0.266. The molecule has 112 valence electrons. The smallest absolute Gasteiger partial charge is 0.0991 e. The maximum atomic E-state index is 9.11. The Labute approximate surface area is 129 Å². The van der Waals surface area contributed by atoms with Gasteiger partial charge in [-0.2, -0.15) is 5.26 Å². The zero-order valence-corrected chi connectivity index (χ0v) is 13.7. The van der Waals surface area contributed by atoms with Crippen LogP contribution in [0.25, 0.3) is 0 Å². The number of hydrogen-bond acceptors (Lipinski definition) is 1. The normalized spacial score (nSPS) is 25.1. The highest BCUT2D eigenvalue weighted by atomic mass is 14.4. The van der Waals surface area contributed by atoms with Gasteiger partial charge in [-0.05, 0) is 47.4 Å². The largest absolute Gasteiger partial charge is 0.192 e. The molecule has 1 heteroatoms. The van der Waals surface area contributed by atoms with Gasteiger partial charge in [-0.25, -0.2) is 0 Å². The first-order valence-corrected chi connectivity index (χ1v) is 8.19. The lowest BCUT2D eigenvalue weighted by atomic mass is 9.73. The molecule has 1 aliphatic rings. The van der Waals surface area contributed by atoms with Gasteiger partial charge in [-0.15, -0.1) is 6.58 Å². The number of allylic oxidation sites excluding steroid dienone is 1. The van der Waals surface area contributed by atoms with Crippen LogP contribution in [0.3, 0.4) is 0 Å². The average molecular weight is 281 g/mol. The van der Waals surface area contributed by atoms with E-state index in [-0.39, 0.29) is 5.41 Å². The molecule has 0 radical (unpaired) electrons. The summed E-state index contributed by atoms with van der Waals surface area (Å²) in [4.78, 5) is 0. The highest BCUT2D eigenvalue weighted by molar-refractivity contribution is 5.46. The van der Waals surface area contributed by atoms with Gasteiger partial charge >= 0.3 is 0 Å². The van der Waals surface area contributed by atoms with Crippen LogP contribution in [-0.2, 0) is 6.42 Å². The van der Waals surface area contributed by atoms with Crippen molar-refractivity contribution in [2.24, 2.45) is 11.3 Å². The van der Waals surface area contributed by atoms with E-state index in [0.717, 1.165) is 17.9 Å². The van der Waals surface area contributed by atoms with Crippen molar-refractivity contribution in [1.29, 1.82) is 5.26 Å². The molecule has 2 rings (SSSR count). The first-order valence-electron chi connectivity index (χ1n) is 8.19. The number of fused-ring (bicyclic) bond motifs is 1. The fourth-order valence-electron chi connectivity index (χ4n) is 3.75. The molecule has 1 aliphatic carbocycles. The Bertz CT molecular complexity index is 551. The van der Waals surface area contributed by atoms with Crippen LogP contribution in [0.5, 0.6) is 0 Å². The second-order valence-corrected chi connectivity index (χ2v) is 6.98. The summed E-state index contributed by atoms with van der Waals surface area (Å²) in [6.45, 7) is 11.1. The van der Waals surface area contributed by atoms with Crippen molar-refractivity contribution >= 4 is 0 Å². The Balaban J connectivity index is 2.15. The summed E-state index contributed by atoms with van der Waals surface area (Å²) in [5.41, 5.74) is 3.77. The van der Waals surface area contributed by atoms with E-state index < -0.39 is 0 Å². The third-order valence-corrected chi connectivity index (χ3v) is 5.33. The maximum Gasteiger partial charge on any atom is 0.0991 e. The number of nitriles is 1. The van der Waals surface area contributed by atoms with E-state index in [1.807, 2.05) is 6.07 Å². The van der Waals surface area contributed by atoms with Crippen LogP contribution in [0, 0.1) is 22.7 Å². The van der Waals surface area contributed by atoms with Gasteiger partial charge in [0.25, 0.3) is 0 Å². The van der Waals surface area contributed by atoms with Crippen LogP contribution in [0.15, 0.2) is 30.9 Å². The first-order chi connectivity index (χ1) is 10.0. The van der Waals surface area contributed by atoms with Crippen LogP contribution < -0.4 is 0 Å². The van der Waals surface area contributed by atoms with Crippen molar-refractivity contribution in [3.8, 4) is 6.07 Å². The van der Waals surface area contributed by atoms with Gasteiger partial charge < -0.3 is 0 Å². The first kappa shape index (κ1) is 15.8. The summed E-state index contributed by atoms with van der Waals surface area (Å²) in [7, 11) is 0. The number of nitrogens with zero attached hydrogens (tertiary/aromatic N) is 1. The van der Waals surface area contributed by atoms with Crippen molar-refractivity contribution in [2.75, 3.05) is 0 Å². The van der Waals surface area contributed by atoms with Gasteiger partial charge in [-0.3, -0.25) is 0 Å². The molecule has 0 heterocycles. The lowest BCUT2D eigenvalue weighted by Gasteiger charge is -2.30. The predicted octanol–water partition coefficient (Wildman–Crippen LogP) is 5.61. The average Bonchev–Trinajstić information content (AvgIpc) is 2.77. The molecule has 0 saturated carbocycles. The van der Waals surface area contributed by atoms with Crippen molar-refractivity contribution < 1.29 is 0 Å². The molecule has 0 aliphatic heterocycles. The minimum absolute atomic E-state index is 0.269. The predicted molar refractivity (Wildman–Crippen MR) is 89.2 cm³/mol. The van der Waals surface area contributed by atoms with Gasteiger partial charge in [-0.1, -0.05) is 52.2 Å². The molecule has 0 amide bonds. The summed E-state index contributed by atoms with van der Waals surface area (Å²) < 4.78 is 0. The monoisotopic (exact) mass is 281 g/mol. The van der Waals surface area contributed by atoms with Gasteiger partial charge in [0.15, 0.2) is 0 Å². The molecule has 0 N–H and O–H groups in total. The third kappa shape index (κ3) is 3.21. The molecule has 3 unspecified atom stereocenters. The highest BCUT2D eigenvalue weighted by Gasteiger charge is 2.40. The Kier molecular flexibility index (Phi) is 4.88. The van der Waals surface area contributed by atoms with Crippen molar-refractivity contribution in [1.82, 2.24) is 0 Å². The van der Waals surface area contributed by atoms with Gasteiger partial charge in [0.2, 0.25) is 0 Å². The molecule has 1 aromatic carbocycles. The van der Waals surface area contributed by atoms with E-state index in [1.165, 1.54) is 36.8 Å². The Morgan fingerprint density at radius 1 is 1.52 bits per heavy atom. The quantitative estimate of drug-likeness (QED) is 0.622. The molecule has 0 fully saturated rings. The topological polar surface area (TPSA) is 23.8 Å². The number of hydrogen-bond donors (Lipinski definition) is 0. The summed E-state index contributed by atoms with van der Waals surface area (Å²) in [6, 6.07) is 8.42. The minimum atomic E-state index is 0.269. The summed E-state index contributed by atoms with van der Waals surface area (Å²) >= 11 is 0. The summed E-state index contributed by atoms with van der Waals surface area (Å²) in [6.07, 6.45) is 8.32. The molecule has 1 aromatic rings. The Morgan fingerprint density at radius 2 is 2.29 bits per heavy atom. The molecule has 0 spiro atoms. The van der Waals surface area contributed by atoms with Crippen LogP contribution in [0.1, 0.15) is 69.1 Å². The van der Waals surface area contributed by atoms with E-state index in [1.54, 1.807) is 0 Å². The van der Waals surface area contributed by atoms with Crippen LogP contribution in [0.2, 0.25) is 0 Å². The van der Waals surface area contributed by atoms with Crippen LogP contribution in [0.4, 0.5) is 0 Å². The Morgan fingerprint density at radius 3 is 2.90 bits per heavy atom. The minimum Gasteiger partial charge on any atom is -0.192 e. The van der Waals surface area contributed by atoms with E-state index in [0.29, 0.717) is 5.92 Å². The van der Waals surface area contributed by atoms with Gasteiger partial charge in [0, 0.05) is 5.92 Å². The van der Waals surface area contributed by atoms with Gasteiger partial charge in [0.05, 0.1) is 11.6 Å². The molecule has 21 heavy (non-hydrogen) atoms. The molecular weight excluding hydrogens is 254 g/mol. The summed E-state index contributed by atoms with van der Waals surface area (Å²) in [5, 5.41) is 9.11. The zero-order chi connectivity index (χ0) is 15.5. The van der Waals surface area contributed by atoms with E-state index in [2.05, 4.69) is 51.6 Å². The Hall–Kier alpha value is -1.55. The SMILES string of the molecule is C=CC1c2cc(C#N)ccc2CC1(C)CCCC(C)CC. The highest BCUT2D eigenvalue weighted by Crippen LogP contribution is 2.51. The molecule has 0 aromatic heterocycles. The van der Waals surface area contributed by atoms with E-state index >= 15 is 0 Å². The fourth-order valence-corrected chi connectivity index (χ4v) is 3.75. The fraction of sp³-hybridized carbons (Fsp3) is 0.550. The van der Waals surface area contributed by atoms with E-state index in [4.69, 9.17) is 5.26 Å². The van der Waals surface area contributed by atoms with Crippen molar-refractivity contribution in [2.45, 2.75) is 58.8 Å². The zero-order valence-electron chi connectivity index (χ0n) is 13.7. The lowest BCUT2D eigenvalue weighted by Crippen LogP contribution is -2.21. The molecule has 0 saturated heterocycles. The molecular formula is C20H27N. The molecule has 0 bridgehead atoms. The van der Waals surface area contributed by atoms with Crippen LogP contribution >= 0.6 is 0 Å². The second kappa shape index (κ2) is 6.48. The van der Waals surface area contributed by atoms with Crippen molar-refractivity contribution in [3.63, 3.8) is 0 Å². The standard InChI is InChI=1S/C20H27N/c1-5-15(3)8-7-11-20(4)13-17-10-9-16(14-21)12-18(17)19(20)6-2/h6,9-10,12,15,19H,2,5,7-8,11,13H2,1,3-4H3. The second-order valence-electron chi connectivity index (χ2n) is 6.98. The third-order valence-electron chi connectivity index (χ3n) is 5.33. The van der Waals surface area contributed by atoms with Crippen LogP contribution in [-0.4, -0.2) is 0 Å². The number of rotatable bonds is 6. The van der Waals surface area contributed by atoms with Gasteiger partial charge in [0.1, 0.15) is 0 Å². The molecule has 3 atom stereocenters. The number of benzene rings is 1. The van der Waals surface area contributed by atoms with Crippen molar-refractivity contribution in [3.05, 3.63) is 47.5 Å². The maximum absolute atomic E-state index is 9.11.